The predicted molar refractivity (Wildman–Crippen MR) is 122 cm³/mol. The number of fused-ring (bicyclic) bond motifs is 1. The zero-order valence-electron chi connectivity index (χ0n) is 16.8. The molecule has 4 nitrogen and oxygen atoms in total. The van der Waals surface area contributed by atoms with Crippen LogP contribution in [0.15, 0.2) is 66.0 Å². The lowest BCUT2D eigenvalue weighted by Gasteiger charge is -2.42. The molecule has 30 heavy (non-hydrogen) atoms. The van der Waals surface area contributed by atoms with Gasteiger partial charge in [-0.25, -0.2) is 0 Å². The fraction of sp³-hybridized carbons (Fsp3) is 0.250. The minimum atomic E-state index is -0.507. The van der Waals surface area contributed by atoms with Crippen LogP contribution in [-0.2, 0) is 4.79 Å². The van der Waals surface area contributed by atoms with Gasteiger partial charge in [0.1, 0.15) is 0 Å². The molecule has 0 radical (unpaired) electrons. The minimum Gasteiger partial charge on any atom is -0.329 e. The summed E-state index contributed by atoms with van der Waals surface area (Å²) in [6, 6.07) is 18.1. The van der Waals surface area contributed by atoms with Gasteiger partial charge in [0.05, 0.1) is 12.0 Å². The third-order valence-corrected chi connectivity index (χ3v) is 6.42. The molecule has 2 amide bonds. The summed E-state index contributed by atoms with van der Waals surface area (Å²) in [5, 5.41) is 5.63. The van der Waals surface area contributed by atoms with E-state index in [1.54, 1.807) is 35.6 Å². The largest absolute Gasteiger partial charge is 0.329 e. The van der Waals surface area contributed by atoms with Crippen molar-refractivity contribution in [2.75, 3.05) is 11.9 Å². The molecule has 0 unspecified atom stereocenters. The number of nitrogens with one attached hydrogen (secondary N) is 1. The van der Waals surface area contributed by atoms with E-state index in [2.05, 4.69) is 19.2 Å². The summed E-state index contributed by atoms with van der Waals surface area (Å²) in [4.78, 5) is 29.9. The number of carbonyl (C=O) groups is 2. The van der Waals surface area contributed by atoms with Crippen molar-refractivity contribution in [3.05, 3.63) is 87.1 Å². The lowest BCUT2D eigenvalue weighted by molar-refractivity contribution is -0.119. The van der Waals surface area contributed by atoms with E-state index >= 15 is 0 Å². The fourth-order valence-electron chi connectivity index (χ4n) is 4.00. The van der Waals surface area contributed by atoms with Gasteiger partial charge in [-0.2, -0.15) is 0 Å². The highest BCUT2D eigenvalue weighted by Gasteiger charge is 2.44. The summed E-state index contributed by atoms with van der Waals surface area (Å²) >= 11 is 7.56. The monoisotopic (exact) mass is 438 g/mol. The SMILES string of the molecule is CC(C)CN1C(=O)c2ccccc2[C@H](C(=O)Nc2ccc(Cl)cc2)[C@H]1c1cccs1. The number of nitrogens with zero attached hydrogens (tertiary/aromatic N) is 1. The lowest BCUT2D eigenvalue weighted by Crippen LogP contribution is -2.47. The van der Waals surface area contributed by atoms with E-state index < -0.39 is 5.92 Å². The Labute approximate surface area is 185 Å². The number of hydrogen-bond donors (Lipinski definition) is 1. The lowest BCUT2D eigenvalue weighted by atomic mass is 9.81. The van der Waals surface area contributed by atoms with E-state index in [9.17, 15) is 9.59 Å². The Morgan fingerprint density at radius 3 is 2.50 bits per heavy atom. The summed E-state index contributed by atoms with van der Waals surface area (Å²) in [7, 11) is 0. The van der Waals surface area contributed by atoms with Crippen LogP contribution in [0.5, 0.6) is 0 Å². The molecule has 1 aliphatic heterocycles. The summed E-state index contributed by atoms with van der Waals surface area (Å²) in [5.41, 5.74) is 2.05. The van der Waals surface area contributed by atoms with Crippen LogP contribution in [0.4, 0.5) is 5.69 Å². The quantitative estimate of drug-likeness (QED) is 0.532. The zero-order valence-corrected chi connectivity index (χ0v) is 18.4. The van der Waals surface area contributed by atoms with Gasteiger partial charge in [0, 0.05) is 27.7 Å². The third-order valence-electron chi connectivity index (χ3n) is 5.23. The second kappa shape index (κ2) is 8.62. The predicted octanol–water partition coefficient (Wildman–Crippen LogP) is 5.98. The van der Waals surface area contributed by atoms with Gasteiger partial charge in [-0.1, -0.05) is 49.7 Å². The fourth-order valence-corrected chi connectivity index (χ4v) is 5.00. The molecule has 2 atom stereocenters. The molecule has 3 aromatic rings. The first-order chi connectivity index (χ1) is 14.5. The van der Waals surface area contributed by atoms with Gasteiger partial charge in [-0.3, -0.25) is 9.59 Å². The summed E-state index contributed by atoms with van der Waals surface area (Å²) in [6.07, 6.45) is 0. The number of halogens is 1. The molecule has 0 saturated heterocycles. The van der Waals surface area contributed by atoms with Crippen LogP contribution in [0.2, 0.25) is 5.02 Å². The Morgan fingerprint density at radius 2 is 1.83 bits per heavy atom. The highest BCUT2D eigenvalue weighted by molar-refractivity contribution is 7.10. The Hall–Kier alpha value is -2.63. The van der Waals surface area contributed by atoms with Crippen LogP contribution in [0.1, 0.15) is 46.6 Å². The van der Waals surface area contributed by atoms with Crippen LogP contribution >= 0.6 is 22.9 Å². The van der Waals surface area contributed by atoms with Crippen molar-refractivity contribution in [1.29, 1.82) is 0 Å². The Balaban J connectivity index is 1.80. The van der Waals surface area contributed by atoms with Crippen LogP contribution in [-0.4, -0.2) is 23.3 Å². The van der Waals surface area contributed by atoms with Crippen molar-refractivity contribution in [3.63, 3.8) is 0 Å². The number of carbonyl (C=O) groups excluding carboxylic acids is 2. The number of rotatable bonds is 5. The Kier molecular flexibility index (Phi) is 5.93. The van der Waals surface area contributed by atoms with Gasteiger partial charge in [0.25, 0.3) is 5.91 Å². The van der Waals surface area contributed by atoms with Gasteiger partial charge >= 0.3 is 0 Å². The molecular formula is C24H23ClN2O2S. The standard InChI is InChI=1S/C24H23ClN2O2S/c1-15(2)14-27-22(20-8-5-13-30-20)21(18-6-3-4-7-19(18)24(27)29)23(28)26-17-11-9-16(25)10-12-17/h3-13,15,21-22H,14H2,1-2H3,(H,26,28)/t21-,22+/m0/s1. The molecule has 0 spiro atoms. The van der Waals surface area contributed by atoms with Crippen LogP contribution in [0, 0.1) is 5.92 Å². The van der Waals surface area contributed by atoms with E-state index in [-0.39, 0.29) is 23.8 Å². The van der Waals surface area contributed by atoms with E-state index in [1.165, 1.54) is 0 Å². The molecule has 2 heterocycles. The second-order valence-electron chi connectivity index (χ2n) is 7.87. The smallest absolute Gasteiger partial charge is 0.254 e. The highest BCUT2D eigenvalue weighted by Crippen LogP contribution is 2.45. The number of amides is 2. The average molecular weight is 439 g/mol. The first-order valence-corrected chi connectivity index (χ1v) is 11.2. The number of benzene rings is 2. The molecule has 0 saturated carbocycles. The number of anilines is 1. The van der Waals surface area contributed by atoms with Crippen molar-refractivity contribution in [3.8, 4) is 0 Å². The van der Waals surface area contributed by atoms with E-state index in [1.807, 2.05) is 46.7 Å². The van der Waals surface area contributed by atoms with Crippen LogP contribution in [0.25, 0.3) is 0 Å². The van der Waals surface area contributed by atoms with Gasteiger partial charge in [0.2, 0.25) is 5.91 Å². The summed E-state index contributed by atoms with van der Waals surface area (Å²) in [6.45, 7) is 4.75. The highest BCUT2D eigenvalue weighted by atomic mass is 35.5. The van der Waals surface area contributed by atoms with E-state index in [0.29, 0.717) is 22.8 Å². The number of thiophene rings is 1. The van der Waals surface area contributed by atoms with Gasteiger partial charge in [0.15, 0.2) is 0 Å². The Bertz CT molecular complexity index is 1050. The molecule has 2 aromatic carbocycles. The maximum Gasteiger partial charge on any atom is 0.254 e. The Morgan fingerprint density at radius 1 is 1.10 bits per heavy atom. The van der Waals surface area contributed by atoms with Crippen molar-refractivity contribution in [1.82, 2.24) is 4.90 Å². The third kappa shape index (κ3) is 4.00. The summed E-state index contributed by atoms with van der Waals surface area (Å²) in [5.74, 6) is -0.383. The van der Waals surface area contributed by atoms with Crippen molar-refractivity contribution >= 4 is 40.4 Å². The van der Waals surface area contributed by atoms with Crippen molar-refractivity contribution in [2.24, 2.45) is 5.92 Å². The zero-order chi connectivity index (χ0) is 21.3. The molecule has 1 N–H and O–H groups in total. The van der Waals surface area contributed by atoms with Crippen molar-refractivity contribution < 1.29 is 9.59 Å². The first kappa shape index (κ1) is 20.6. The molecule has 0 bridgehead atoms. The molecule has 154 valence electrons. The first-order valence-electron chi connectivity index (χ1n) is 9.95. The number of hydrogen-bond acceptors (Lipinski definition) is 3. The van der Waals surface area contributed by atoms with Crippen LogP contribution in [0.3, 0.4) is 0 Å². The molecular weight excluding hydrogens is 416 g/mol. The van der Waals surface area contributed by atoms with Crippen LogP contribution < -0.4 is 5.32 Å². The molecule has 4 rings (SSSR count). The molecule has 0 fully saturated rings. The second-order valence-corrected chi connectivity index (χ2v) is 9.29. The van der Waals surface area contributed by atoms with Gasteiger partial charge in [-0.15, -0.1) is 11.3 Å². The molecule has 6 heteroatoms. The maximum absolute atomic E-state index is 13.6. The van der Waals surface area contributed by atoms with E-state index in [4.69, 9.17) is 11.6 Å². The average Bonchev–Trinajstić information content (AvgIpc) is 3.25. The summed E-state index contributed by atoms with van der Waals surface area (Å²) < 4.78 is 0. The van der Waals surface area contributed by atoms with Gasteiger partial charge in [-0.05, 0) is 53.3 Å². The topological polar surface area (TPSA) is 49.4 Å². The van der Waals surface area contributed by atoms with E-state index in [0.717, 1.165) is 10.4 Å². The van der Waals surface area contributed by atoms with Gasteiger partial charge < -0.3 is 10.2 Å². The molecule has 1 aliphatic rings. The molecule has 1 aromatic heterocycles. The maximum atomic E-state index is 13.6. The molecule has 0 aliphatic carbocycles. The van der Waals surface area contributed by atoms with Crippen molar-refractivity contribution in [2.45, 2.75) is 25.8 Å². The normalized spacial score (nSPS) is 18.4. The minimum absolute atomic E-state index is 0.0201.